The van der Waals surface area contributed by atoms with E-state index in [9.17, 15) is 9.59 Å². The maximum Gasteiger partial charge on any atom is 0.343 e. The highest BCUT2D eigenvalue weighted by molar-refractivity contribution is 8.14. The van der Waals surface area contributed by atoms with Gasteiger partial charge in [0, 0.05) is 10.5 Å². The lowest BCUT2D eigenvalue weighted by Crippen LogP contribution is -2.07. The highest BCUT2D eigenvalue weighted by atomic mass is 32.2. The topological polar surface area (TPSA) is 43.4 Å². The van der Waals surface area contributed by atoms with E-state index in [-0.39, 0.29) is 5.12 Å². The van der Waals surface area contributed by atoms with Crippen LogP contribution in [-0.2, 0) is 0 Å². The number of fused-ring (bicyclic) bond motifs is 1. The normalized spacial score (nSPS) is 10.6. The zero-order valence-electron chi connectivity index (χ0n) is 14.9. The lowest BCUT2D eigenvalue weighted by atomic mass is 10.1. The maximum atomic E-state index is 12.5. The fraction of sp³-hybridized carbons (Fsp3) is 0. The van der Waals surface area contributed by atoms with Gasteiger partial charge in [0.25, 0.3) is 0 Å². The number of hydrogen-bond acceptors (Lipinski definition) is 4. The molecule has 4 heteroatoms. The van der Waals surface area contributed by atoms with Crippen LogP contribution in [0.5, 0.6) is 5.75 Å². The molecular formula is C24H16O3S. The van der Waals surface area contributed by atoms with Crippen LogP contribution in [0.3, 0.4) is 0 Å². The Kier molecular flexibility index (Phi) is 5.22. The fourth-order valence-corrected chi connectivity index (χ4v) is 3.75. The first-order valence-electron chi connectivity index (χ1n) is 8.78. The number of thioether (sulfide) groups is 1. The van der Waals surface area contributed by atoms with Crippen molar-refractivity contribution in [3.05, 3.63) is 108 Å². The molecule has 4 aromatic carbocycles. The van der Waals surface area contributed by atoms with Crippen LogP contribution in [0.2, 0.25) is 0 Å². The predicted octanol–water partition coefficient (Wildman–Crippen LogP) is 5.99. The molecule has 0 radical (unpaired) electrons. The summed E-state index contributed by atoms with van der Waals surface area (Å²) in [5, 5.41) is 1.84. The van der Waals surface area contributed by atoms with Gasteiger partial charge in [0.05, 0.1) is 5.56 Å². The summed E-state index contributed by atoms with van der Waals surface area (Å²) in [6.07, 6.45) is 0. The number of esters is 1. The molecule has 0 aliphatic rings. The summed E-state index contributed by atoms with van der Waals surface area (Å²) >= 11 is 1.20. The van der Waals surface area contributed by atoms with E-state index < -0.39 is 5.97 Å². The van der Waals surface area contributed by atoms with Crippen molar-refractivity contribution in [1.29, 1.82) is 0 Å². The second-order valence-corrected chi connectivity index (χ2v) is 7.16. The van der Waals surface area contributed by atoms with E-state index in [0.717, 1.165) is 15.7 Å². The molecule has 0 N–H and O–H groups in total. The third-order valence-corrected chi connectivity index (χ3v) is 5.24. The Morgan fingerprint density at radius 2 is 1.36 bits per heavy atom. The van der Waals surface area contributed by atoms with Crippen molar-refractivity contribution in [2.75, 3.05) is 0 Å². The van der Waals surface area contributed by atoms with Crippen molar-refractivity contribution in [3.8, 4) is 5.75 Å². The molecule has 0 atom stereocenters. The molecule has 0 spiro atoms. The van der Waals surface area contributed by atoms with Crippen LogP contribution in [0.25, 0.3) is 10.8 Å². The van der Waals surface area contributed by atoms with Gasteiger partial charge in [0.2, 0.25) is 5.12 Å². The molecule has 0 saturated heterocycles. The molecule has 0 amide bonds. The first-order chi connectivity index (χ1) is 13.7. The number of rotatable bonds is 4. The highest BCUT2D eigenvalue weighted by Gasteiger charge is 2.12. The molecule has 0 bridgehead atoms. The van der Waals surface area contributed by atoms with E-state index in [1.807, 2.05) is 66.7 Å². The van der Waals surface area contributed by atoms with E-state index in [1.54, 1.807) is 30.3 Å². The molecule has 0 aliphatic heterocycles. The smallest absolute Gasteiger partial charge is 0.343 e. The van der Waals surface area contributed by atoms with Crippen molar-refractivity contribution in [2.45, 2.75) is 4.90 Å². The summed E-state index contributed by atoms with van der Waals surface area (Å²) in [5.41, 5.74) is 1.17. The number of hydrogen-bond donors (Lipinski definition) is 0. The molecule has 3 nitrogen and oxygen atoms in total. The molecule has 28 heavy (non-hydrogen) atoms. The summed E-state index contributed by atoms with van der Waals surface area (Å²) in [7, 11) is 0. The lowest BCUT2D eigenvalue weighted by molar-refractivity contribution is 0.0735. The van der Waals surface area contributed by atoms with Crippen molar-refractivity contribution in [3.63, 3.8) is 0 Å². The molecule has 0 saturated carbocycles. The van der Waals surface area contributed by atoms with Crippen LogP contribution in [-0.4, -0.2) is 11.1 Å². The summed E-state index contributed by atoms with van der Waals surface area (Å²) < 4.78 is 5.49. The van der Waals surface area contributed by atoms with Crippen LogP contribution >= 0.6 is 11.8 Å². The molecule has 0 aromatic heterocycles. The third-order valence-electron chi connectivity index (χ3n) is 4.24. The standard InChI is InChI=1S/C24H16O3S/c25-23(17-8-3-1-4-9-17)27-20-14-15-21-19(16-20)12-7-13-22(21)28-24(26)18-10-5-2-6-11-18/h1-16H. The Morgan fingerprint density at radius 1 is 0.679 bits per heavy atom. The van der Waals surface area contributed by atoms with Gasteiger partial charge in [-0.2, -0.15) is 0 Å². The van der Waals surface area contributed by atoms with Gasteiger partial charge in [0.15, 0.2) is 0 Å². The Morgan fingerprint density at radius 3 is 2.07 bits per heavy atom. The molecule has 0 unspecified atom stereocenters. The predicted molar refractivity (Wildman–Crippen MR) is 112 cm³/mol. The minimum Gasteiger partial charge on any atom is -0.423 e. The first-order valence-corrected chi connectivity index (χ1v) is 9.59. The number of ether oxygens (including phenoxy) is 1. The van der Waals surface area contributed by atoms with Gasteiger partial charge in [-0.15, -0.1) is 0 Å². The van der Waals surface area contributed by atoms with Gasteiger partial charge in [-0.25, -0.2) is 4.79 Å². The summed E-state index contributed by atoms with van der Waals surface area (Å²) in [5.74, 6) is 0.0719. The van der Waals surface area contributed by atoms with Crippen molar-refractivity contribution < 1.29 is 14.3 Å². The summed E-state index contributed by atoms with van der Waals surface area (Å²) in [6, 6.07) is 29.3. The van der Waals surface area contributed by atoms with Gasteiger partial charge < -0.3 is 4.74 Å². The Bertz CT molecular complexity index is 1140. The van der Waals surface area contributed by atoms with E-state index in [2.05, 4.69) is 0 Å². The molecule has 0 heterocycles. The molecule has 4 rings (SSSR count). The second kappa shape index (κ2) is 8.11. The van der Waals surface area contributed by atoms with Crippen LogP contribution < -0.4 is 4.74 Å². The van der Waals surface area contributed by atoms with E-state index >= 15 is 0 Å². The molecule has 0 aliphatic carbocycles. The summed E-state index contributed by atoms with van der Waals surface area (Å²) in [6.45, 7) is 0. The van der Waals surface area contributed by atoms with Crippen LogP contribution in [0.15, 0.2) is 102 Å². The summed E-state index contributed by atoms with van der Waals surface area (Å²) in [4.78, 5) is 25.6. The van der Waals surface area contributed by atoms with Crippen molar-refractivity contribution >= 4 is 33.6 Å². The quantitative estimate of drug-likeness (QED) is 0.246. The molecule has 136 valence electrons. The number of benzene rings is 4. The lowest BCUT2D eigenvalue weighted by Gasteiger charge is -2.09. The zero-order chi connectivity index (χ0) is 19.3. The van der Waals surface area contributed by atoms with E-state index in [4.69, 9.17) is 4.74 Å². The average molecular weight is 384 g/mol. The minimum absolute atomic E-state index is 0.00678. The van der Waals surface area contributed by atoms with Gasteiger partial charge >= 0.3 is 5.97 Å². The third kappa shape index (κ3) is 3.97. The van der Waals surface area contributed by atoms with Gasteiger partial charge in [-0.05, 0) is 58.9 Å². The van der Waals surface area contributed by atoms with Crippen molar-refractivity contribution in [1.82, 2.24) is 0 Å². The maximum absolute atomic E-state index is 12.5. The first kappa shape index (κ1) is 18.0. The molecule has 0 fully saturated rings. The zero-order valence-corrected chi connectivity index (χ0v) is 15.7. The molecular weight excluding hydrogens is 368 g/mol. The Labute approximate surface area is 167 Å². The van der Waals surface area contributed by atoms with E-state index in [0.29, 0.717) is 16.9 Å². The number of carbonyl (C=O) groups excluding carboxylic acids is 2. The highest BCUT2D eigenvalue weighted by Crippen LogP contribution is 2.32. The molecule has 4 aromatic rings. The van der Waals surface area contributed by atoms with Crippen molar-refractivity contribution in [2.24, 2.45) is 0 Å². The van der Waals surface area contributed by atoms with Gasteiger partial charge in [-0.1, -0.05) is 60.7 Å². The van der Waals surface area contributed by atoms with Gasteiger partial charge in [0.1, 0.15) is 5.75 Å². The minimum atomic E-state index is -0.398. The van der Waals surface area contributed by atoms with Gasteiger partial charge in [-0.3, -0.25) is 4.79 Å². The number of carbonyl (C=O) groups is 2. The van der Waals surface area contributed by atoms with E-state index in [1.165, 1.54) is 11.8 Å². The average Bonchev–Trinajstić information content (AvgIpc) is 2.75. The fourth-order valence-electron chi connectivity index (χ4n) is 2.86. The Hall–Kier alpha value is -3.37. The second-order valence-electron chi connectivity index (χ2n) is 6.15. The van der Waals surface area contributed by atoms with Crippen LogP contribution in [0, 0.1) is 0 Å². The largest absolute Gasteiger partial charge is 0.423 e. The monoisotopic (exact) mass is 384 g/mol. The SMILES string of the molecule is O=C(Oc1ccc2c(SC(=O)c3ccccc3)cccc2c1)c1ccccc1. The van der Waals surface area contributed by atoms with Crippen LogP contribution in [0.4, 0.5) is 0 Å². The van der Waals surface area contributed by atoms with Crippen LogP contribution in [0.1, 0.15) is 20.7 Å². The Balaban J connectivity index is 1.58.